The molecule has 1 aliphatic rings. The van der Waals surface area contributed by atoms with Gasteiger partial charge in [0.05, 0.1) is 4.88 Å². The van der Waals surface area contributed by atoms with Crippen molar-refractivity contribution in [1.82, 2.24) is 14.8 Å². The maximum atomic E-state index is 12.7. The van der Waals surface area contributed by atoms with Gasteiger partial charge in [0.1, 0.15) is 10.7 Å². The second kappa shape index (κ2) is 6.78. The average molecular weight is 400 g/mol. The Hall–Kier alpha value is -0.760. The van der Waals surface area contributed by atoms with Crippen LogP contribution in [0, 0.1) is 0 Å². The molecule has 1 saturated heterocycles. The van der Waals surface area contributed by atoms with E-state index < -0.39 is 0 Å². The summed E-state index contributed by atoms with van der Waals surface area (Å²) in [5.74, 6) is 0.0599. The largest absolute Gasteiger partial charge is 0.336 e. The molecule has 0 spiro atoms. The van der Waals surface area contributed by atoms with E-state index in [-0.39, 0.29) is 5.91 Å². The molecule has 3 heterocycles. The molecule has 1 fully saturated rings. The number of hydrogen-bond donors (Lipinski definition) is 0. The van der Waals surface area contributed by atoms with E-state index in [1.54, 1.807) is 11.3 Å². The molecule has 118 valence electrons. The van der Waals surface area contributed by atoms with E-state index in [0.29, 0.717) is 11.7 Å². The highest BCUT2D eigenvalue weighted by molar-refractivity contribution is 9.10. The topological polar surface area (TPSA) is 36.4 Å². The van der Waals surface area contributed by atoms with Crippen LogP contribution >= 0.6 is 38.6 Å². The van der Waals surface area contributed by atoms with Gasteiger partial charge in [0.25, 0.3) is 5.91 Å². The number of rotatable bonds is 3. The molecule has 1 amide bonds. The lowest BCUT2D eigenvalue weighted by molar-refractivity contribution is 0.0630. The molecule has 3 rings (SSSR count). The minimum atomic E-state index is 0.0599. The summed E-state index contributed by atoms with van der Waals surface area (Å²) in [6.45, 7) is 1.63. The Morgan fingerprint density at radius 3 is 2.91 bits per heavy atom. The summed E-state index contributed by atoms with van der Waals surface area (Å²) >= 11 is 6.63. The first-order valence-corrected chi connectivity index (χ1v) is 9.75. The predicted molar refractivity (Wildman–Crippen MR) is 95.7 cm³/mol. The Morgan fingerprint density at radius 1 is 1.41 bits per heavy atom. The van der Waals surface area contributed by atoms with Crippen molar-refractivity contribution < 1.29 is 4.79 Å². The second-order valence-electron chi connectivity index (χ2n) is 5.68. The number of likely N-dealkylation sites (N-methyl/N-ethyl adjacent to an activating group) is 1. The lowest BCUT2D eigenvalue weighted by atomic mass is 10.0. The van der Waals surface area contributed by atoms with Gasteiger partial charge in [-0.05, 0) is 48.9 Å². The van der Waals surface area contributed by atoms with Gasteiger partial charge in [0, 0.05) is 34.4 Å². The van der Waals surface area contributed by atoms with Gasteiger partial charge in [-0.3, -0.25) is 4.79 Å². The highest BCUT2D eigenvalue weighted by Crippen LogP contribution is 2.32. The third-order valence-corrected chi connectivity index (χ3v) is 6.62. The first-order chi connectivity index (χ1) is 10.5. The van der Waals surface area contributed by atoms with Crippen LogP contribution in [0.4, 0.5) is 0 Å². The van der Waals surface area contributed by atoms with Gasteiger partial charge in [-0.15, -0.1) is 22.7 Å². The number of carbonyl (C=O) groups excluding carboxylic acids is 1. The lowest BCUT2D eigenvalue weighted by Gasteiger charge is -2.35. The van der Waals surface area contributed by atoms with Gasteiger partial charge in [0.15, 0.2) is 0 Å². The van der Waals surface area contributed by atoms with Crippen molar-refractivity contribution in [2.24, 2.45) is 0 Å². The number of thiazole rings is 1. The van der Waals surface area contributed by atoms with Crippen molar-refractivity contribution in [3.05, 3.63) is 27.0 Å². The van der Waals surface area contributed by atoms with E-state index in [1.807, 2.05) is 21.7 Å². The molecule has 0 saturated carbocycles. The Morgan fingerprint density at radius 2 is 2.23 bits per heavy atom. The fourth-order valence-corrected chi connectivity index (χ4v) is 4.93. The standard InChI is InChI=1S/C15H18BrN3OS2/c1-18(2)11-4-3-5-19(7-11)15(20)12-9-22-14(17-12)13-6-10(16)8-21-13/h6,8-9,11H,3-5,7H2,1-2H3. The first-order valence-electron chi connectivity index (χ1n) is 7.20. The number of likely N-dealkylation sites (tertiary alicyclic amines) is 1. The number of amides is 1. The van der Waals surface area contributed by atoms with Crippen LogP contribution in [-0.4, -0.2) is 53.9 Å². The highest BCUT2D eigenvalue weighted by Gasteiger charge is 2.27. The summed E-state index contributed by atoms with van der Waals surface area (Å²) in [7, 11) is 4.16. The van der Waals surface area contributed by atoms with Crippen molar-refractivity contribution >= 4 is 44.5 Å². The first kappa shape index (κ1) is 16.1. The lowest BCUT2D eigenvalue weighted by Crippen LogP contribution is -2.47. The van der Waals surface area contributed by atoms with Gasteiger partial charge in [0.2, 0.25) is 0 Å². The molecule has 1 aliphatic heterocycles. The van der Waals surface area contributed by atoms with Gasteiger partial charge in [-0.1, -0.05) is 0 Å². The summed E-state index contributed by atoms with van der Waals surface area (Å²) in [4.78, 5) is 22.4. The number of carbonyl (C=O) groups is 1. The van der Waals surface area contributed by atoms with E-state index in [0.717, 1.165) is 40.3 Å². The monoisotopic (exact) mass is 399 g/mol. The van der Waals surface area contributed by atoms with Gasteiger partial charge < -0.3 is 9.80 Å². The average Bonchev–Trinajstić information content (AvgIpc) is 3.15. The third kappa shape index (κ3) is 3.42. The molecule has 4 nitrogen and oxygen atoms in total. The van der Waals surface area contributed by atoms with Crippen molar-refractivity contribution in [3.63, 3.8) is 0 Å². The molecule has 0 aliphatic carbocycles. The van der Waals surface area contributed by atoms with Crippen LogP contribution < -0.4 is 0 Å². The molecule has 0 bridgehead atoms. The molecule has 22 heavy (non-hydrogen) atoms. The molecular weight excluding hydrogens is 382 g/mol. The quantitative estimate of drug-likeness (QED) is 0.787. The molecule has 1 atom stereocenters. The van der Waals surface area contributed by atoms with Gasteiger partial charge in [-0.2, -0.15) is 0 Å². The second-order valence-corrected chi connectivity index (χ2v) is 8.36. The van der Waals surface area contributed by atoms with Gasteiger partial charge in [-0.25, -0.2) is 4.98 Å². The molecule has 0 aromatic carbocycles. The number of nitrogens with zero attached hydrogens (tertiary/aromatic N) is 3. The maximum absolute atomic E-state index is 12.7. The Kier molecular flexibility index (Phi) is 4.97. The molecule has 2 aromatic rings. The van der Waals surface area contributed by atoms with E-state index in [4.69, 9.17) is 0 Å². The Balaban J connectivity index is 1.74. The van der Waals surface area contributed by atoms with Crippen molar-refractivity contribution in [1.29, 1.82) is 0 Å². The minimum Gasteiger partial charge on any atom is -0.336 e. The normalized spacial score (nSPS) is 18.9. The fraction of sp³-hybridized carbons (Fsp3) is 0.467. The van der Waals surface area contributed by atoms with Crippen LogP contribution in [0.1, 0.15) is 23.3 Å². The maximum Gasteiger partial charge on any atom is 0.273 e. The molecule has 7 heteroatoms. The van der Waals surface area contributed by atoms with Crippen molar-refractivity contribution in [2.45, 2.75) is 18.9 Å². The van der Waals surface area contributed by atoms with Crippen LogP contribution in [0.2, 0.25) is 0 Å². The smallest absolute Gasteiger partial charge is 0.273 e. The Labute approximate surface area is 146 Å². The summed E-state index contributed by atoms with van der Waals surface area (Å²) in [5.41, 5.74) is 0.573. The summed E-state index contributed by atoms with van der Waals surface area (Å²) < 4.78 is 1.06. The van der Waals surface area contributed by atoms with Crippen LogP contribution in [0.15, 0.2) is 21.3 Å². The molecular formula is C15H18BrN3OS2. The summed E-state index contributed by atoms with van der Waals surface area (Å²) in [5, 5.41) is 4.83. The van der Waals surface area contributed by atoms with Crippen molar-refractivity contribution in [3.8, 4) is 9.88 Å². The SMILES string of the molecule is CN(C)C1CCCN(C(=O)c2csc(-c3cc(Br)cs3)n2)C1. The van der Waals surface area contributed by atoms with E-state index in [2.05, 4.69) is 39.9 Å². The van der Waals surface area contributed by atoms with Crippen molar-refractivity contribution in [2.75, 3.05) is 27.2 Å². The zero-order valence-electron chi connectivity index (χ0n) is 12.6. The molecule has 0 N–H and O–H groups in total. The van der Waals surface area contributed by atoms with Crippen LogP contribution in [-0.2, 0) is 0 Å². The summed E-state index contributed by atoms with van der Waals surface area (Å²) in [6.07, 6.45) is 2.21. The zero-order valence-corrected chi connectivity index (χ0v) is 15.8. The number of aromatic nitrogens is 1. The predicted octanol–water partition coefficient (Wildman–Crippen LogP) is 3.80. The van der Waals surface area contributed by atoms with Crippen LogP contribution in [0.25, 0.3) is 9.88 Å². The number of hydrogen-bond acceptors (Lipinski definition) is 5. The van der Waals surface area contributed by atoms with E-state index in [9.17, 15) is 4.79 Å². The molecule has 1 unspecified atom stereocenters. The highest BCUT2D eigenvalue weighted by atomic mass is 79.9. The van der Waals surface area contributed by atoms with E-state index in [1.165, 1.54) is 11.3 Å². The zero-order chi connectivity index (χ0) is 15.7. The van der Waals surface area contributed by atoms with Crippen LogP contribution in [0.5, 0.6) is 0 Å². The number of piperidine rings is 1. The minimum absolute atomic E-state index is 0.0599. The van der Waals surface area contributed by atoms with Gasteiger partial charge >= 0.3 is 0 Å². The van der Waals surface area contributed by atoms with E-state index >= 15 is 0 Å². The van der Waals surface area contributed by atoms with Crippen LogP contribution in [0.3, 0.4) is 0 Å². The summed E-state index contributed by atoms with van der Waals surface area (Å²) in [6, 6.07) is 2.49. The molecule has 0 radical (unpaired) electrons. The molecule has 2 aromatic heterocycles. The Bertz CT molecular complexity index is 667. The fourth-order valence-electron chi connectivity index (χ4n) is 2.63. The number of thiophene rings is 1. The third-order valence-electron chi connectivity index (χ3n) is 3.92. The number of halogens is 1.